The lowest BCUT2D eigenvalue weighted by atomic mass is 9.47. The van der Waals surface area contributed by atoms with Crippen molar-refractivity contribution in [1.82, 2.24) is 0 Å². The van der Waals surface area contributed by atoms with Gasteiger partial charge in [0, 0.05) is 17.3 Å². The van der Waals surface area contributed by atoms with Crippen LogP contribution in [0, 0.1) is 28.6 Å². The van der Waals surface area contributed by atoms with Crippen molar-refractivity contribution in [3.8, 4) is 0 Å². The van der Waals surface area contributed by atoms with Gasteiger partial charge >= 0.3 is 5.97 Å². The van der Waals surface area contributed by atoms with Gasteiger partial charge in [-0.1, -0.05) is 18.6 Å². The molecule has 0 N–H and O–H groups in total. The van der Waals surface area contributed by atoms with Gasteiger partial charge in [-0.05, 0) is 89.0 Å². The molecule has 0 aromatic heterocycles. The van der Waals surface area contributed by atoms with Crippen molar-refractivity contribution in [3.63, 3.8) is 0 Å². The van der Waals surface area contributed by atoms with Crippen LogP contribution in [0.2, 0.25) is 0 Å². The van der Waals surface area contributed by atoms with Crippen LogP contribution in [0.1, 0.15) is 78.6 Å². The van der Waals surface area contributed by atoms with Crippen molar-refractivity contribution in [1.29, 1.82) is 0 Å². The second-order valence-electron chi connectivity index (χ2n) is 10.0. The average molecular weight is 371 g/mol. The molecule has 27 heavy (non-hydrogen) atoms. The Morgan fingerprint density at radius 2 is 1.93 bits per heavy atom. The van der Waals surface area contributed by atoms with Gasteiger partial charge in [0.2, 0.25) is 0 Å². The van der Waals surface area contributed by atoms with Crippen molar-refractivity contribution in [2.75, 3.05) is 6.61 Å². The molecule has 5 aliphatic rings. The molecular formula is C24H34O3. The van der Waals surface area contributed by atoms with Crippen LogP contribution < -0.4 is 0 Å². The smallest absolute Gasteiger partial charge is 0.306 e. The molecular weight excluding hydrogens is 336 g/mol. The van der Waals surface area contributed by atoms with E-state index in [1.807, 2.05) is 0 Å². The summed E-state index contributed by atoms with van der Waals surface area (Å²) < 4.78 is 12.3. The van der Waals surface area contributed by atoms with Crippen molar-refractivity contribution in [3.05, 3.63) is 23.5 Å². The molecule has 1 heterocycles. The number of esters is 1. The van der Waals surface area contributed by atoms with Crippen molar-refractivity contribution in [2.45, 2.75) is 84.2 Å². The third-order valence-electron chi connectivity index (χ3n) is 9.37. The Kier molecular flexibility index (Phi) is 3.88. The number of carbonyl (C=O) groups is 1. The number of ether oxygens (including phenoxy) is 2. The van der Waals surface area contributed by atoms with E-state index in [0.29, 0.717) is 24.2 Å². The Morgan fingerprint density at radius 3 is 2.67 bits per heavy atom. The second-order valence-corrected chi connectivity index (χ2v) is 10.0. The van der Waals surface area contributed by atoms with E-state index in [1.165, 1.54) is 37.9 Å². The molecule has 3 nitrogen and oxygen atoms in total. The molecule has 0 amide bonds. The summed E-state index contributed by atoms with van der Waals surface area (Å²) in [7, 11) is 0. The van der Waals surface area contributed by atoms with E-state index in [1.54, 1.807) is 5.57 Å². The standard InChI is InChI=1S/C24H34O3/c1-4-26-20-7-5-6-16-8-9-17-18-11-14-24(15-12-21(25)27-24)22(18,2)13-10-19(17)23(16,20)3/h7-8,17-19H,4-6,9-15H2,1-3H3/t17-,18+,19+,22-,23-,24-/m1/s1. The number of hydrogen-bond donors (Lipinski definition) is 0. The van der Waals surface area contributed by atoms with Crippen LogP contribution in [0.4, 0.5) is 0 Å². The fraction of sp³-hybridized carbons (Fsp3) is 0.792. The Morgan fingerprint density at radius 1 is 1.11 bits per heavy atom. The first kappa shape index (κ1) is 17.8. The fourth-order valence-electron chi connectivity index (χ4n) is 7.99. The minimum atomic E-state index is -0.171. The summed E-state index contributed by atoms with van der Waals surface area (Å²) >= 11 is 0. The summed E-state index contributed by atoms with van der Waals surface area (Å²) in [6.45, 7) is 7.77. The molecule has 148 valence electrons. The molecule has 1 aliphatic heterocycles. The normalized spacial score (nSPS) is 48.3. The molecule has 1 saturated heterocycles. The van der Waals surface area contributed by atoms with E-state index in [2.05, 4.69) is 32.9 Å². The Hall–Kier alpha value is -1.25. The summed E-state index contributed by atoms with van der Waals surface area (Å²) in [6.07, 6.45) is 14.7. The van der Waals surface area contributed by atoms with Gasteiger partial charge in [0.1, 0.15) is 11.4 Å². The number of rotatable bonds is 2. The first-order valence-corrected chi connectivity index (χ1v) is 11.2. The van der Waals surface area contributed by atoms with E-state index in [-0.39, 0.29) is 22.4 Å². The Labute approximate surface area is 163 Å². The highest BCUT2D eigenvalue weighted by atomic mass is 16.6. The van der Waals surface area contributed by atoms with Gasteiger partial charge in [-0.25, -0.2) is 0 Å². The average Bonchev–Trinajstić information content (AvgIpc) is 3.17. The molecule has 5 rings (SSSR count). The van der Waals surface area contributed by atoms with Crippen LogP contribution >= 0.6 is 0 Å². The molecule has 3 fully saturated rings. The summed E-state index contributed by atoms with van der Waals surface area (Å²) in [5.41, 5.74) is 1.70. The zero-order valence-electron chi connectivity index (χ0n) is 17.2. The molecule has 3 heteroatoms. The van der Waals surface area contributed by atoms with Crippen molar-refractivity contribution >= 4 is 5.97 Å². The minimum absolute atomic E-state index is 0.0330. The zero-order chi connectivity index (χ0) is 18.9. The van der Waals surface area contributed by atoms with Crippen molar-refractivity contribution in [2.24, 2.45) is 28.6 Å². The third kappa shape index (κ3) is 2.17. The van der Waals surface area contributed by atoms with E-state index in [0.717, 1.165) is 25.9 Å². The summed E-state index contributed by atoms with van der Waals surface area (Å²) in [4.78, 5) is 12.0. The highest BCUT2D eigenvalue weighted by Crippen LogP contribution is 2.69. The highest BCUT2D eigenvalue weighted by Gasteiger charge is 2.67. The quantitative estimate of drug-likeness (QED) is 0.472. The monoisotopic (exact) mass is 370 g/mol. The maximum Gasteiger partial charge on any atom is 0.306 e. The maximum atomic E-state index is 12.0. The van der Waals surface area contributed by atoms with Gasteiger partial charge in [-0.2, -0.15) is 0 Å². The largest absolute Gasteiger partial charge is 0.498 e. The molecule has 0 aromatic rings. The van der Waals surface area contributed by atoms with Crippen LogP contribution in [0.15, 0.2) is 23.5 Å². The van der Waals surface area contributed by atoms with Gasteiger partial charge in [0.25, 0.3) is 0 Å². The molecule has 6 atom stereocenters. The summed E-state index contributed by atoms with van der Waals surface area (Å²) in [6, 6.07) is 0. The first-order valence-electron chi connectivity index (χ1n) is 11.2. The van der Waals surface area contributed by atoms with Gasteiger partial charge in [0.15, 0.2) is 0 Å². The van der Waals surface area contributed by atoms with Crippen LogP contribution in [0.3, 0.4) is 0 Å². The first-order chi connectivity index (χ1) is 12.9. The molecule has 0 aromatic carbocycles. The predicted molar refractivity (Wildman–Crippen MR) is 105 cm³/mol. The van der Waals surface area contributed by atoms with E-state index in [9.17, 15) is 4.79 Å². The number of carbonyl (C=O) groups excluding carboxylic acids is 1. The number of allylic oxidation sites excluding steroid dienone is 3. The molecule has 2 saturated carbocycles. The lowest BCUT2D eigenvalue weighted by molar-refractivity contribution is -0.166. The molecule has 0 radical (unpaired) electrons. The Balaban J connectivity index is 1.51. The predicted octanol–water partition coefficient (Wildman–Crippen LogP) is 5.56. The summed E-state index contributed by atoms with van der Waals surface area (Å²) in [5.74, 6) is 3.30. The van der Waals surface area contributed by atoms with Gasteiger partial charge < -0.3 is 9.47 Å². The van der Waals surface area contributed by atoms with E-state index < -0.39 is 0 Å². The summed E-state index contributed by atoms with van der Waals surface area (Å²) in [5, 5.41) is 0. The van der Waals surface area contributed by atoms with Gasteiger partial charge in [-0.3, -0.25) is 4.79 Å². The van der Waals surface area contributed by atoms with Crippen LogP contribution in [0.5, 0.6) is 0 Å². The molecule has 1 spiro atoms. The lowest BCUT2D eigenvalue weighted by Crippen LogP contribution is -2.54. The fourth-order valence-corrected chi connectivity index (χ4v) is 7.99. The minimum Gasteiger partial charge on any atom is -0.498 e. The zero-order valence-corrected chi connectivity index (χ0v) is 17.2. The topological polar surface area (TPSA) is 35.5 Å². The number of fused-ring (bicyclic) bond motifs is 6. The Bertz CT molecular complexity index is 721. The second kappa shape index (κ2) is 5.87. The number of hydrogen-bond acceptors (Lipinski definition) is 3. The van der Waals surface area contributed by atoms with Gasteiger partial charge in [0.05, 0.1) is 6.61 Å². The van der Waals surface area contributed by atoms with Crippen molar-refractivity contribution < 1.29 is 14.3 Å². The molecule has 0 bridgehead atoms. The lowest BCUT2D eigenvalue weighted by Gasteiger charge is -2.58. The van der Waals surface area contributed by atoms with Crippen LogP contribution in [-0.2, 0) is 14.3 Å². The van der Waals surface area contributed by atoms with Crippen LogP contribution in [-0.4, -0.2) is 18.2 Å². The van der Waals surface area contributed by atoms with Gasteiger partial charge in [-0.15, -0.1) is 0 Å². The molecule has 4 aliphatic carbocycles. The van der Waals surface area contributed by atoms with E-state index >= 15 is 0 Å². The highest BCUT2D eigenvalue weighted by molar-refractivity contribution is 5.72. The maximum absolute atomic E-state index is 12.0. The molecule has 0 unspecified atom stereocenters. The third-order valence-corrected chi connectivity index (χ3v) is 9.37. The van der Waals surface area contributed by atoms with E-state index in [4.69, 9.17) is 9.47 Å². The van der Waals surface area contributed by atoms with Crippen LogP contribution in [0.25, 0.3) is 0 Å². The SMILES string of the molecule is CCOC1=CCCC2=CC[C@H]3[C@H](CC[C@]4(C)[C@H]3CC[C@@]43CCC(=O)O3)[C@@]21C.